The third-order valence-electron chi connectivity index (χ3n) is 2.60. The van der Waals surface area contributed by atoms with Crippen molar-refractivity contribution in [3.8, 4) is 0 Å². The van der Waals surface area contributed by atoms with Gasteiger partial charge in [0.25, 0.3) is 0 Å². The lowest BCUT2D eigenvalue weighted by atomic mass is 10.0. The molecule has 1 unspecified atom stereocenters. The van der Waals surface area contributed by atoms with Gasteiger partial charge in [-0.05, 0) is 12.8 Å². The molecule has 4 nitrogen and oxygen atoms in total. The largest absolute Gasteiger partial charge is 0.481 e. The maximum atomic E-state index is 10.6. The predicted molar refractivity (Wildman–Crippen MR) is 46.5 cm³/mol. The van der Waals surface area contributed by atoms with Crippen LogP contribution in [0.5, 0.6) is 0 Å². The van der Waals surface area contributed by atoms with Crippen LogP contribution < -0.4 is 0 Å². The van der Waals surface area contributed by atoms with Gasteiger partial charge in [-0.2, -0.15) is 0 Å². The SMILES string of the molecule is Cn1cnc2c1C(CC(=O)O)CC2. The van der Waals surface area contributed by atoms with Gasteiger partial charge in [0.15, 0.2) is 0 Å². The third kappa shape index (κ3) is 1.32. The Balaban J connectivity index is 2.26. The minimum Gasteiger partial charge on any atom is -0.481 e. The van der Waals surface area contributed by atoms with Crippen LogP contribution in [0.15, 0.2) is 6.33 Å². The van der Waals surface area contributed by atoms with E-state index in [-0.39, 0.29) is 12.3 Å². The average molecular weight is 180 g/mol. The van der Waals surface area contributed by atoms with Gasteiger partial charge in [-0.3, -0.25) is 4.79 Å². The highest BCUT2D eigenvalue weighted by Crippen LogP contribution is 2.34. The molecule has 0 aliphatic heterocycles. The first-order valence-electron chi connectivity index (χ1n) is 4.40. The average Bonchev–Trinajstić information content (AvgIpc) is 2.56. The number of nitrogens with zero attached hydrogens (tertiary/aromatic N) is 2. The van der Waals surface area contributed by atoms with E-state index >= 15 is 0 Å². The minimum absolute atomic E-state index is 0.167. The number of carboxylic acids is 1. The van der Waals surface area contributed by atoms with Crippen LogP contribution in [0.4, 0.5) is 0 Å². The Labute approximate surface area is 76.2 Å². The molecule has 0 amide bonds. The van der Waals surface area contributed by atoms with E-state index in [9.17, 15) is 4.79 Å². The van der Waals surface area contributed by atoms with E-state index in [4.69, 9.17) is 5.11 Å². The molecule has 0 spiro atoms. The Morgan fingerprint density at radius 3 is 3.31 bits per heavy atom. The number of carboxylic acid groups (broad SMARTS) is 1. The minimum atomic E-state index is -0.723. The van der Waals surface area contributed by atoms with E-state index in [0.717, 1.165) is 24.2 Å². The molecule has 0 saturated carbocycles. The van der Waals surface area contributed by atoms with Gasteiger partial charge in [0.1, 0.15) is 0 Å². The molecule has 0 aromatic carbocycles. The first-order valence-corrected chi connectivity index (χ1v) is 4.40. The van der Waals surface area contributed by atoms with Crippen molar-refractivity contribution in [3.05, 3.63) is 17.7 Å². The molecule has 0 bridgehead atoms. The van der Waals surface area contributed by atoms with E-state index in [1.54, 1.807) is 6.33 Å². The maximum Gasteiger partial charge on any atom is 0.304 e. The second kappa shape index (κ2) is 2.87. The number of imidazole rings is 1. The molecule has 0 saturated heterocycles. The molecule has 0 radical (unpaired) electrons. The summed E-state index contributed by atoms with van der Waals surface area (Å²) in [5.41, 5.74) is 2.19. The van der Waals surface area contributed by atoms with Crippen LogP contribution >= 0.6 is 0 Å². The number of rotatable bonds is 2. The highest BCUT2D eigenvalue weighted by atomic mass is 16.4. The molecule has 1 aromatic rings. The molecule has 1 aromatic heterocycles. The Kier molecular flexibility index (Phi) is 1.83. The second-order valence-corrected chi connectivity index (χ2v) is 3.52. The van der Waals surface area contributed by atoms with Crippen LogP contribution in [0.3, 0.4) is 0 Å². The first-order chi connectivity index (χ1) is 6.18. The van der Waals surface area contributed by atoms with Crippen molar-refractivity contribution in [3.63, 3.8) is 0 Å². The number of hydrogen-bond donors (Lipinski definition) is 1. The van der Waals surface area contributed by atoms with Gasteiger partial charge in [0.2, 0.25) is 0 Å². The Morgan fingerprint density at radius 1 is 1.85 bits per heavy atom. The highest BCUT2D eigenvalue weighted by molar-refractivity contribution is 5.68. The van der Waals surface area contributed by atoms with Crippen LogP contribution in [0, 0.1) is 0 Å². The lowest BCUT2D eigenvalue weighted by Gasteiger charge is -2.08. The first kappa shape index (κ1) is 8.29. The smallest absolute Gasteiger partial charge is 0.304 e. The van der Waals surface area contributed by atoms with Crippen LogP contribution in [0.25, 0.3) is 0 Å². The number of aliphatic carboxylic acids is 1. The zero-order valence-electron chi connectivity index (χ0n) is 7.53. The van der Waals surface area contributed by atoms with Gasteiger partial charge in [0, 0.05) is 18.7 Å². The van der Waals surface area contributed by atoms with Crippen molar-refractivity contribution < 1.29 is 9.90 Å². The van der Waals surface area contributed by atoms with Crippen molar-refractivity contribution >= 4 is 5.97 Å². The Hall–Kier alpha value is -1.32. The fourth-order valence-electron chi connectivity index (χ4n) is 2.06. The normalized spacial score (nSPS) is 20.2. The van der Waals surface area contributed by atoms with E-state index in [0.29, 0.717) is 0 Å². The van der Waals surface area contributed by atoms with E-state index in [2.05, 4.69) is 4.98 Å². The summed E-state index contributed by atoms with van der Waals surface area (Å²) in [5, 5.41) is 8.70. The fraction of sp³-hybridized carbons (Fsp3) is 0.556. The molecule has 70 valence electrons. The number of aromatic nitrogens is 2. The number of aryl methyl sites for hydroxylation is 2. The van der Waals surface area contributed by atoms with E-state index in [1.165, 1.54) is 0 Å². The van der Waals surface area contributed by atoms with Crippen LogP contribution in [-0.4, -0.2) is 20.6 Å². The standard InChI is InChI=1S/C9H12N2O2/c1-11-5-10-7-3-2-6(9(7)11)4-8(12)13/h5-6H,2-4H2,1H3,(H,12,13). The molecule has 1 aliphatic carbocycles. The number of hydrogen-bond acceptors (Lipinski definition) is 2. The molecule has 1 heterocycles. The fourth-order valence-corrected chi connectivity index (χ4v) is 2.06. The Bertz CT molecular complexity index is 343. The summed E-state index contributed by atoms with van der Waals surface area (Å²) in [6, 6.07) is 0. The molecule has 4 heteroatoms. The zero-order valence-corrected chi connectivity index (χ0v) is 7.53. The van der Waals surface area contributed by atoms with Gasteiger partial charge >= 0.3 is 5.97 Å². The van der Waals surface area contributed by atoms with Crippen LogP contribution in [-0.2, 0) is 18.3 Å². The monoisotopic (exact) mass is 180 g/mol. The topological polar surface area (TPSA) is 55.1 Å². The van der Waals surface area contributed by atoms with Crippen molar-refractivity contribution in [1.82, 2.24) is 9.55 Å². The second-order valence-electron chi connectivity index (χ2n) is 3.52. The summed E-state index contributed by atoms with van der Waals surface area (Å²) >= 11 is 0. The third-order valence-corrected chi connectivity index (χ3v) is 2.60. The number of carbonyl (C=O) groups is 1. The lowest BCUT2D eigenvalue weighted by Crippen LogP contribution is -2.06. The molecule has 13 heavy (non-hydrogen) atoms. The van der Waals surface area contributed by atoms with E-state index in [1.807, 2.05) is 11.6 Å². The predicted octanol–water partition coefficient (Wildman–Crippen LogP) is 0.925. The van der Waals surface area contributed by atoms with Crippen molar-refractivity contribution in [2.45, 2.75) is 25.2 Å². The van der Waals surface area contributed by atoms with Gasteiger partial charge in [-0.1, -0.05) is 0 Å². The zero-order chi connectivity index (χ0) is 9.42. The van der Waals surface area contributed by atoms with Crippen molar-refractivity contribution in [2.75, 3.05) is 0 Å². The molecule has 0 fully saturated rings. The molecular formula is C9H12N2O2. The molecular weight excluding hydrogens is 168 g/mol. The molecule has 1 atom stereocenters. The summed E-state index contributed by atoms with van der Waals surface area (Å²) < 4.78 is 1.94. The summed E-state index contributed by atoms with van der Waals surface area (Å²) in [6.07, 6.45) is 3.85. The Morgan fingerprint density at radius 2 is 2.62 bits per heavy atom. The van der Waals surface area contributed by atoms with Crippen LogP contribution in [0.1, 0.15) is 30.1 Å². The maximum absolute atomic E-state index is 10.6. The van der Waals surface area contributed by atoms with Gasteiger partial charge in [-0.15, -0.1) is 0 Å². The molecule has 1 N–H and O–H groups in total. The van der Waals surface area contributed by atoms with Crippen molar-refractivity contribution in [1.29, 1.82) is 0 Å². The van der Waals surface area contributed by atoms with Gasteiger partial charge in [-0.25, -0.2) is 4.98 Å². The lowest BCUT2D eigenvalue weighted by molar-refractivity contribution is -0.137. The summed E-state index contributed by atoms with van der Waals surface area (Å²) in [6.45, 7) is 0. The molecule has 2 rings (SSSR count). The van der Waals surface area contributed by atoms with Crippen molar-refractivity contribution in [2.24, 2.45) is 7.05 Å². The quantitative estimate of drug-likeness (QED) is 0.736. The van der Waals surface area contributed by atoms with Crippen LogP contribution in [0.2, 0.25) is 0 Å². The summed E-state index contributed by atoms with van der Waals surface area (Å²) in [7, 11) is 1.92. The number of fused-ring (bicyclic) bond motifs is 1. The highest BCUT2D eigenvalue weighted by Gasteiger charge is 2.28. The summed E-state index contributed by atoms with van der Waals surface area (Å²) in [5.74, 6) is -0.556. The summed E-state index contributed by atoms with van der Waals surface area (Å²) in [4.78, 5) is 14.8. The van der Waals surface area contributed by atoms with E-state index < -0.39 is 5.97 Å². The van der Waals surface area contributed by atoms with Gasteiger partial charge in [0.05, 0.1) is 18.4 Å². The molecule has 1 aliphatic rings. The van der Waals surface area contributed by atoms with Gasteiger partial charge < -0.3 is 9.67 Å².